The summed E-state index contributed by atoms with van der Waals surface area (Å²) in [6.07, 6.45) is 5.62. The van der Waals surface area contributed by atoms with Gasteiger partial charge in [-0.3, -0.25) is 0 Å². The van der Waals surface area contributed by atoms with Crippen LogP contribution in [0.4, 0.5) is 23.5 Å². The van der Waals surface area contributed by atoms with Crippen LogP contribution in [0.3, 0.4) is 0 Å². The van der Waals surface area contributed by atoms with E-state index in [2.05, 4.69) is 31.5 Å². The van der Waals surface area contributed by atoms with Crippen LogP contribution in [0.5, 0.6) is 11.5 Å². The van der Waals surface area contributed by atoms with Crippen molar-refractivity contribution in [2.45, 2.75) is 38.1 Å². The molecule has 3 aromatic rings. The summed E-state index contributed by atoms with van der Waals surface area (Å²) in [4.78, 5) is 18.9. The van der Waals surface area contributed by atoms with Crippen molar-refractivity contribution >= 4 is 23.5 Å². The van der Waals surface area contributed by atoms with E-state index in [-0.39, 0.29) is 5.75 Å². The molecule has 1 saturated carbocycles. The summed E-state index contributed by atoms with van der Waals surface area (Å²) >= 11 is 0. The number of ether oxygens (including phenoxy) is 1. The molecule has 9 nitrogen and oxygen atoms in total. The number of hydrogen-bond donors (Lipinski definition) is 3. The van der Waals surface area contributed by atoms with Gasteiger partial charge in [0.1, 0.15) is 11.5 Å². The number of methoxy groups -OCH3 is 1. The number of nitrogens with zero attached hydrogens (tertiary/aromatic N) is 5. The van der Waals surface area contributed by atoms with E-state index in [0.717, 1.165) is 62.4 Å². The molecule has 5 rings (SSSR count). The number of hydrogen-bond acceptors (Lipinski definition) is 9. The van der Waals surface area contributed by atoms with Gasteiger partial charge < -0.3 is 30.3 Å². The summed E-state index contributed by atoms with van der Waals surface area (Å²) in [5.41, 5.74) is 2.27. The molecule has 0 radical (unpaired) electrons. The van der Waals surface area contributed by atoms with Crippen molar-refractivity contribution in [3.63, 3.8) is 0 Å². The molecular formula is C27H35N7O2. The maximum absolute atomic E-state index is 9.51. The van der Waals surface area contributed by atoms with E-state index in [1.165, 1.54) is 12.8 Å². The zero-order valence-corrected chi connectivity index (χ0v) is 20.9. The van der Waals surface area contributed by atoms with Crippen molar-refractivity contribution in [1.29, 1.82) is 0 Å². The normalized spacial score (nSPS) is 16.2. The Kier molecular flexibility index (Phi) is 7.54. The molecule has 36 heavy (non-hydrogen) atoms. The lowest BCUT2D eigenvalue weighted by atomic mass is 10.1. The molecule has 1 aliphatic carbocycles. The lowest BCUT2D eigenvalue weighted by molar-refractivity contribution is 0.413. The molecule has 0 bridgehead atoms. The van der Waals surface area contributed by atoms with Crippen molar-refractivity contribution in [3.8, 4) is 11.5 Å². The topological polar surface area (TPSA) is 98.7 Å². The third kappa shape index (κ3) is 5.90. The Morgan fingerprint density at radius 2 is 1.58 bits per heavy atom. The Morgan fingerprint density at radius 1 is 0.889 bits per heavy atom. The average Bonchev–Trinajstić information content (AvgIpc) is 3.43. The summed E-state index contributed by atoms with van der Waals surface area (Å²) in [6.45, 7) is 4.05. The number of aromatic hydroxyl groups is 1. The largest absolute Gasteiger partial charge is 0.508 e. The van der Waals surface area contributed by atoms with Crippen LogP contribution in [-0.2, 0) is 6.42 Å². The smallest absolute Gasteiger partial charge is 0.232 e. The highest BCUT2D eigenvalue weighted by Gasteiger charge is 2.23. The summed E-state index contributed by atoms with van der Waals surface area (Å²) in [5.74, 6) is 3.12. The molecule has 0 unspecified atom stereocenters. The molecule has 2 aromatic carbocycles. The number of benzene rings is 2. The van der Waals surface area contributed by atoms with E-state index in [1.807, 2.05) is 30.3 Å². The lowest BCUT2D eigenvalue weighted by Gasteiger charge is -2.36. The van der Waals surface area contributed by atoms with Crippen LogP contribution < -0.4 is 25.2 Å². The van der Waals surface area contributed by atoms with Crippen LogP contribution in [0.1, 0.15) is 31.2 Å². The molecule has 190 valence electrons. The second-order valence-corrected chi connectivity index (χ2v) is 9.40. The molecule has 9 heteroatoms. The van der Waals surface area contributed by atoms with E-state index in [0.29, 0.717) is 30.4 Å². The standard InChI is InChI=1S/C27H35N7O2/c1-36-24-9-5-4-8-23(24)33-16-18-34(19-17-33)27-31-25(28-15-14-20-10-12-22(35)13-11-20)30-26(32-27)29-21-6-2-3-7-21/h4-5,8-13,21,35H,2-3,6-7,14-19H2,1H3,(H2,28,29,30,31,32). The van der Waals surface area contributed by atoms with Crippen LogP contribution in [0.2, 0.25) is 0 Å². The van der Waals surface area contributed by atoms with Gasteiger partial charge in [0.05, 0.1) is 12.8 Å². The van der Waals surface area contributed by atoms with Gasteiger partial charge in [-0.05, 0) is 49.1 Å². The summed E-state index contributed by atoms with van der Waals surface area (Å²) in [6, 6.07) is 15.9. The Morgan fingerprint density at radius 3 is 2.33 bits per heavy atom. The minimum atomic E-state index is 0.280. The van der Waals surface area contributed by atoms with Crippen LogP contribution in [-0.4, -0.2) is 65.9 Å². The molecule has 0 amide bonds. The second-order valence-electron chi connectivity index (χ2n) is 9.40. The Balaban J connectivity index is 1.27. The average molecular weight is 490 g/mol. The van der Waals surface area contributed by atoms with Gasteiger partial charge in [-0.2, -0.15) is 15.0 Å². The van der Waals surface area contributed by atoms with Gasteiger partial charge in [0.15, 0.2) is 0 Å². The van der Waals surface area contributed by atoms with Crippen molar-refractivity contribution in [1.82, 2.24) is 15.0 Å². The number of anilines is 4. The van der Waals surface area contributed by atoms with Crippen molar-refractivity contribution in [2.24, 2.45) is 0 Å². The molecule has 1 aromatic heterocycles. The third-order valence-corrected chi connectivity index (χ3v) is 6.93. The Labute approximate surface area is 212 Å². The summed E-state index contributed by atoms with van der Waals surface area (Å²) < 4.78 is 5.56. The van der Waals surface area contributed by atoms with Gasteiger partial charge in [-0.15, -0.1) is 0 Å². The van der Waals surface area contributed by atoms with E-state index >= 15 is 0 Å². The summed E-state index contributed by atoms with van der Waals surface area (Å²) in [7, 11) is 1.72. The Bertz CT molecular complexity index is 1130. The zero-order chi connectivity index (χ0) is 24.7. The van der Waals surface area contributed by atoms with Crippen LogP contribution in [0.15, 0.2) is 48.5 Å². The first-order valence-corrected chi connectivity index (χ1v) is 12.9. The molecule has 2 fully saturated rings. The molecule has 0 atom stereocenters. The van der Waals surface area contributed by atoms with Crippen molar-refractivity contribution < 1.29 is 9.84 Å². The van der Waals surface area contributed by atoms with Crippen molar-refractivity contribution in [3.05, 3.63) is 54.1 Å². The molecule has 3 N–H and O–H groups in total. The second kappa shape index (κ2) is 11.3. The maximum atomic E-state index is 9.51. The van der Waals surface area contributed by atoms with Gasteiger partial charge in [0, 0.05) is 38.8 Å². The predicted molar refractivity (Wildman–Crippen MR) is 143 cm³/mol. The molecule has 1 saturated heterocycles. The highest BCUT2D eigenvalue weighted by Crippen LogP contribution is 2.29. The van der Waals surface area contributed by atoms with E-state index in [1.54, 1.807) is 19.2 Å². The quantitative estimate of drug-likeness (QED) is 0.413. The van der Waals surface area contributed by atoms with Gasteiger partial charge in [0.2, 0.25) is 17.8 Å². The van der Waals surface area contributed by atoms with Crippen LogP contribution in [0, 0.1) is 0 Å². The monoisotopic (exact) mass is 489 g/mol. The lowest BCUT2D eigenvalue weighted by Crippen LogP contribution is -2.47. The first-order chi connectivity index (χ1) is 17.7. The number of rotatable bonds is 9. The van der Waals surface area contributed by atoms with Crippen molar-refractivity contribution in [2.75, 3.05) is 60.3 Å². The third-order valence-electron chi connectivity index (χ3n) is 6.93. The number of aromatic nitrogens is 3. The molecule has 1 aliphatic heterocycles. The van der Waals surface area contributed by atoms with Gasteiger partial charge >= 0.3 is 0 Å². The van der Waals surface area contributed by atoms with Crippen LogP contribution in [0.25, 0.3) is 0 Å². The fraction of sp³-hybridized carbons (Fsp3) is 0.444. The molecule has 0 spiro atoms. The fourth-order valence-electron chi connectivity index (χ4n) is 4.92. The first kappa shape index (κ1) is 24.0. The molecule has 2 heterocycles. The van der Waals surface area contributed by atoms with E-state index in [9.17, 15) is 5.11 Å². The van der Waals surface area contributed by atoms with E-state index < -0.39 is 0 Å². The number of phenolic OH excluding ortho intramolecular Hbond substituents is 1. The van der Waals surface area contributed by atoms with E-state index in [4.69, 9.17) is 14.7 Å². The Hall–Kier alpha value is -3.75. The zero-order valence-electron chi connectivity index (χ0n) is 20.9. The SMILES string of the molecule is COc1ccccc1N1CCN(c2nc(NCCc3ccc(O)cc3)nc(NC3CCCC3)n2)CC1. The fourth-order valence-corrected chi connectivity index (χ4v) is 4.92. The van der Waals surface area contributed by atoms with Crippen LogP contribution >= 0.6 is 0 Å². The maximum Gasteiger partial charge on any atom is 0.232 e. The minimum absolute atomic E-state index is 0.280. The predicted octanol–water partition coefficient (Wildman–Crippen LogP) is 3.92. The highest BCUT2D eigenvalue weighted by molar-refractivity contribution is 5.59. The molecular weight excluding hydrogens is 454 g/mol. The number of piperazine rings is 1. The van der Waals surface area contributed by atoms with Gasteiger partial charge in [-0.25, -0.2) is 0 Å². The highest BCUT2D eigenvalue weighted by atomic mass is 16.5. The number of para-hydroxylation sites is 2. The summed E-state index contributed by atoms with van der Waals surface area (Å²) in [5, 5.41) is 16.4. The minimum Gasteiger partial charge on any atom is -0.508 e. The van der Waals surface area contributed by atoms with Gasteiger partial charge in [0.25, 0.3) is 0 Å². The molecule has 2 aliphatic rings. The number of nitrogens with one attached hydrogen (secondary N) is 2. The van der Waals surface area contributed by atoms with Gasteiger partial charge in [-0.1, -0.05) is 37.1 Å². The number of phenols is 1. The first-order valence-electron chi connectivity index (χ1n) is 12.9.